The smallest absolute Gasteiger partial charge is 0.220 e. The van der Waals surface area contributed by atoms with E-state index in [0.29, 0.717) is 12.8 Å². The molecule has 3 atom stereocenters. The predicted molar refractivity (Wildman–Crippen MR) is 185 cm³/mol. The second-order valence-electron chi connectivity index (χ2n) is 12.1. The highest BCUT2D eigenvalue weighted by Gasteiger charge is 2.17. The van der Waals surface area contributed by atoms with Crippen LogP contribution in [0.5, 0.6) is 0 Å². The lowest BCUT2D eigenvalue weighted by molar-refractivity contribution is -0.123. The van der Waals surface area contributed by atoms with E-state index in [-0.39, 0.29) is 12.5 Å². The average Bonchev–Trinajstić information content (AvgIpc) is 3.00. The van der Waals surface area contributed by atoms with Gasteiger partial charge in [-0.2, -0.15) is 0 Å². The molecule has 0 aliphatic heterocycles. The summed E-state index contributed by atoms with van der Waals surface area (Å²) in [6.45, 7) is 4.08. The van der Waals surface area contributed by atoms with Gasteiger partial charge in [-0.05, 0) is 44.9 Å². The van der Waals surface area contributed by atoms with Gasteiger partial charge >= 0.3 is 0 Å². The number of aliphatic hydroxyl groups is 3. The first kappa shape index (κ1) is 41.3. The van der Waals surface area contributed by atoms with Crippen LogP contribution in [0.3, 0.4) is 0 Å². The number of hydrogen-bond acceptors (Lipinski definition) is 4. The van der Waals surface area contributed by atoms with E-state index < -0.39 is 18.2 Å². The van der Waals surface area contributed by atoms with Crippen LogP contribution in [0.4, 0.5) is 0 Å². The van der Waals surface area contributed by atoms with Crippen LogP contribution in [-0.2, 0) is 4.79 Å². The zero-order chi connectivity index (χ0) is 31.6. The van der Waals surface area contributed by atoms with Crippen molar-refractivity contribution in [3.8, 4) is 0 Å². The van der Waals surface area contributed by atoms with Gasteiger partial charge in [0.05, 0.1) is 24.9 Å². The summed E-state index contributed by atoms with van der Waals surface area (Å²) in [5.41, 5.74) is 0. The van der Waals surface area contributed by atoms with Crippen LogP contribution in [0.2, 0.25) is 0 Å². The number of allylic oxidation sites excluding steroid dienone is 5. The maximum atomic E-state index is 12.3. The highest BCUT2D eigenvalue weighted by molar-refractivity contribution is 5.76. The Morgan fingerprint density at radius 2 is 1.16 bits per heavy atom. The van der Waals surface area contributed by atoms with E-state index in [1.807, 2.05) is 30.4 Å². The third-order valence-corrected chi connectivity index (χ3v) is 7.90. The molecule has 1 unspecified atom stereocenters. The van der Waals surface area contributed by atoms with Gasteiger partial charge in [0.1, 0.15) is 0 Å². The number of carbonyl (C=O) groups is 1. The number of aliphatic hydroxyl groups excluding tert-OH is 3. The van der Waals surface area contributed by atoms with Gasteiger partial charge < -0.3 is 20.6 Å². The summed E-state index contributed by atoms with van der Waals surface area (Å²) in [5, 5.41) is 32.7. The Bertz CT molecular complexity index is 715. The van der Waals surface area contributed by atoms with Crippen molar-refractivity contribution >= 4 is 5.91 Å². The summed E-state index contributed by atoms with van der Waals surface area (Å²) in [4.78, 5) is 12.3. The fourth-order valence-electron chi connectivity index (χ4n) is 5.09. The molecule has 0 heterocycles. The summed E-state index contributed by atoms with van der Waals surface area (Å²) in [7, 11) is 0. The Hall–Kier alpha value is -1.69. The van der Waals surface area contributed by atoms with Crippen molar-refractivity contribution in [2.24, 2.45) is 0 Å². The molecule has 0 aliphatic carbocycles. The molecule has 0 saturated heterocycles. The number of unbranched alkanes of at least 4 members (excludes halogenated alkanes) is 18. The first-order valence-electron chi connectivity index (χ1n) is 18.0. The van der Waals surface area contributed by atoms with Crippen LogP contribution in [0.15, 0.2) is 48.6 Å². The van der Waals surface area contributed by atoms with Crippen molar-refractivity contribution in [3.05, 3.63) is 48.6 Å². The molecule has 0 aromatic heterocycles. The quantitative estimate of drug-likeness (QED) is 0.0361. The molecule has 0 aromatic carbocycles. The average molecular weight is 604 g/mol. The number of nitrogens with one attached hydrogen (secondary N) is 1. The topological polar surface area (TPSA) is 89.8 Å². The van der Waals surface area contributed by atoms with Gasteiger partial charge in [-0.15, -0.1) is 0 Å². The Labute approximate surface area is 266 Å². The minimum atomic E-state index is -0.861. The van der Waals surface area contributed by atoms with E-state index >= 15 is 0 Å². The summed E-state index contributed by atoms with van der Waals surface area (Å²) < 4.78 is 0. The summed E-state index contributed by atoms with van der Waals surface area (Å²) in [5.74, 6) is -0.106. The fraction of sp³-hybridized carbons (Fsp3) is 0.763. The summed E-state index contributed by atoms with van der Waals surface area (Å²) in [6, 6.07) is -0.648. The van der Waals surface area contributed by atoms with Crippen LogP contribution < -0.4 is 5.32 Å². The lowest BCUT2D eigenvalue weighted by Gasteiger charge is -2.20. The van der Waals surface area contributed by atoms with Crippen LogP contribution >= 0.6 is 0 Å². The van der Waals surface area contributed by atoms with Gasteiger partial charge in [0.15, 0.2) is 0 Å². The number of carbonyl (C=O) groups excluding carboxylic acids is 1. The van der Waals surface area contributed by atoms with Gasteiger partial charge in [-0.25, -0.2) is 0 Å². The molecule has 1 amide bonds. The predicted octanol–water partition coefficient (Wildman–Crippen LogP) is 9.42. The monoisotopic (exact) mass is 604 g/mol. The van der Waals surface area contributed by atoms with Gasteiger partial charge in [0.25, 0.3) is 0 Å². The lowest BCUT2D eigenvalue weighted by atomic mass is 10.0. The van der Waals surface area contributed by atoms with E-state index in [1.165, 1.54) is 77.0 Å². The molecule has 0 spiro atoms. The molecule has 0 aromatic rings. The Morgan fingerprint density at radius 3 is 1.72 bits per heavy atom. The Morgan fingerprint density at radius 1 is 0.628 bits per heavy atom. The van der Waals surface area contributed by atoms with Gasteiger partial charge in [0, 0.05) is 6.42 Å². The Kier molecular flexibility index (Phi) is 31.9. The van der Waals surface area contributed by atoms with Crippen LogP contribution in [0.25, 0.3) is 0 Å². The van der Waals surface area contributed by atoms with Gasteiger partial charge in [-0.1, -0.05) is 159 Å². The number of rotatable bonds is 31. The van der Waals surface area contributed by atoms with Crippen molar-refractivity contribution in [1.29, 1.82) is 0 Å². The fourth-order valence-corrected chi connectivity index (χ4v) is 5.09. The van der Waals surface area contributed by atoms with Gasteiger partial charge in [0.2, 0.25) is 5.91 Å². The molecule has 0 saturated carbocycles. The van der Waals surface area contributed by atoms with E-state index in [4.69, 9.17) is 0 Å². The first-order valence-corrected chi connectivity index (χ1v) is 18.0. The summed E-state index contributed by atoms with van der Waals surface area (Å²) in [6.07, 6.45) is 40.9. The maximum absolute atomic E-state index is 12.3. The maximum Gasteiger partial charge on any atom is 0.220 e. The standard InChI is InChI=1S/C38H69NO4/c1-3-5-7-8-9-10-11-12-13-14-15-18-21-24-28-32-37(42)36(34-40)39-38(43)33-29-25-22-19-16-17-20-23-27-31-35(41)30-26-6-4-2/h6,20,23,26-28,31-32,35-37,40-42H,3-5,7-19,21-22,24-25,29-30,33-34H2,1-2H3,(H,39,43)/b23-20+,26-6+,31-27+,32-28+/t35?,36-,37+/m0/s1. The van der Waals surface area contributed by atoms with Crippen molar-refractivity contribution in [3.63, 3.8) is 0 Å². The van der Waals surface area contributed by atoms with Crippen LogP contribution in [0, 0.1) is 0 Å². The molecule has 0 fully saturated rings. The van der Waals surface area contributed by atoms with Crippen molar-refractivity contribution in [2.45, 2.75) is 180 Å². The van der Waals surface area contributed by atoms with Crippen molar-refractivity contribution in [1.82, 2.24) is 5.32 Å². The first-order chi connectivity index (χ1) is 21.0. The molecule has 5 heteroatoms. The molecular formula is C38H69NO4. The highest BCUT2D eigenvalue weighted by Crippen LogP contribution is 2.13. The van der Waals surface area contributed by atoms with Crippen LogP contribution in [0.1, 0.15) is 162 Å². The van der Waals surface area contributed by atoms with Gasteiger partial charge in [-0.3, -0.25) is 4.79 Å². The molecule has 4 N–H and O–H groups in total. The molecule has 5 nitrogen and oxygen atoms in total. The van der Waals surface area contributed by atoms with Crippen molar-refractivity contribution in [2.75, 3.05) is 6.61 Å². The third kappa shape index (κ3) is 30.1. The molecule has 0 rings (SSSR count). The minimum absolute atomic E-state index is 0.106. The van der Waals surface area contributed by atoms with E-state index in [2.05, 4.69) is 31.3 Å². The normalized spacial score (nSPS) is 14.4. The highest BCUT2D eigenvalue weighted by atomic mass is 16.3. The molecule has 0 aliphatic rings. The molecule has 43 heavy (non-hydrogen) atoms. The molecule has 250 valence electrons. The van der Waals surface area contributed by atoms with Crippen molar-refractivity contribution < 1.29 is 20.1 Å². The largest absolute Gasteiger partial charge is 0.394 e. The second-order valence-corrected chi connectivity index (χ2v) is 12.1. The zero-order valence-corrected chi connectivity index (χ0v) is 28.1. The Balaban J connectivity index is 3.74. The third-order valence-electron chi connectivity index (χ3n) is 7.90. The number of amides is 1. The van der Waals surface area contributed by atoms with Crippen LogP contribution in [-0.4, -0.2) is 46.1 Å². The second kappa shape index (κ2) is 33.2. The lowest BCUT2D eigenvalue weighted by Crippen LogP contribution is -2.45. The SMILES string of the molecule is CC/C=C/CC(O)/C=C/C=C/CCCCCCCC(=O)N[C@@H](CO)[C@H](O)/C=C/CCCCCCCCCCCCCCC. The molecular weight excluding hydrogens is 534 g/mol. The van der Waals surface area contributed by atoms with E-state index in [0.717, 1.165) is 57.8 Å². The summed E-state index contributed by atoms with van der Waals surface area (Å²) >= 11 is 0. The zero-order valence-electron chi connectivity index (χ0n) is 28.1. The minimum Gasteiger partial charge on any atom is -0.394 e. The molecule has 0 bridgehead atoms. The van der Waals surface area contributed by atoms with E-state index in [1.54, 1.807) is 6.08 Å². The van der Waals surface area contributed by atoms with E-state index in [9.17, 15) is 20.1 Å². The number of hydrogen-bond donors (Lipinski definition) is 4. The molecule has 0 radical (unpaired) electrons.